The Morgan fingerprint density at radius 2 is 1.96 bits per heavy atom. The molecule has 0 spiro atoms. The Kier molecular flexibility index (Phi) is 7.33. The van der Waals surface area contributed by atoms with Crippen molar-refractivity contribution in [2.75, 3.05) is 33.4 Å². The highest BCUT2D eigenvalue weighted by Crippen LogP contribution is 2.31. The van der Waals surface area contributed by atoms with Gasteiger partial charge in [-0.3, -0.25) is 4.99 Å². The lowest BCUT2D eigenvalue weighted by Gasteiger charge is -2.19. The third kappa shape index (κ3) is 7.01. The molecule has 5 nitrogen and oxygen atoms in total. The summed E-state index contributed by atoms with van der Waals surface area (Å²) in [5, 5.41) is 6.58. The number of hydrogen-bond donors (Lipinski definition) is 2. The van der Waals surface area contributed by atoms with E-state index in [-0.39, 0.29) is 11.9 Å². The lowest BCUT2D eigenvalue weighted by Crippen LogP contribution is -2.39. The van der Waals surface area contributed by atoms with Crippen molar-refractivity contribution in [1.82, 2.24) is 10.6 Å². The molecule has 0 amide bonds. The highest BCUT2D eigenvalue weighted by atomic mass is 19.1. The van der Waals surface area contributed by atoms with Crippen molar-refractivity contribution in [2.24, 2.45) is 16.8 Å². The Morgan fingerprint density at radius 1 is 1.22 bits per heavy atom. The molecule has 0 bridgehead atoms. The molecule has 2 aliphatic rings. The van der Waals surface area contributed by atoms with Gasteiger partial charge in [0.15, 0.2) is 17.5 Å². The minimum atomic E-state index is -0.308. The fraction of sp³-hybridized carbons (Fsp3) is 0.667. The van der Waals surface area contributed by atoms with Gasteiger partial charge in [-0.2, -0.15) is 0 Å². The Labute approximate surface area is 161 Å². The van der Waals surface area contributed by atoms with Gasteiger partial charge in [0.05, 0.1) is 12.6 Å². The molecular weight excluding hydrogens is 345 g/mol. The molecule has 2 fully saturated rings. The van der Waals surface area contributed by atoms with Gasteiger partial charge in [-0.15, -0.1) is 0 Å². The number of aliphatic imine (C=N–C) groups is 1. The van der Waals surface area contributed by atoms with Gasteiger partial charge in [0, 0.05) is 26.8 Å². The second-order valence-electron chi connectivity index (χ2n) is 7.68. The van der Waals surface area contributed by atoms with Crippen molar-refractivity contribution in [2.45, 2.75) is 45.1 Å². The summed E-state index contributed by atoms with van der Waals surface area (Å²) in [5.74, 6) is 2.15. The number of nitrogens with one attached hydrogen (secondary N) is 2. The number of rotatable bonds is 11. The predicted octanol–water partition coefficient (Wildman–Crippen LogP) is 3.66. The van der Waals surface area contributed by atoms with Crippen LogP contribution >= 0.6 is 0 Å². The molecular formula is C21H32FN3O2. The van der Waals surface area contributed by atoms with Crippen LogP contribution in [0.25, 0.3) is 0 Å². The molecule has 3 rings (SSSR count). The zero-order valence-corrected chi connectivity index (χ0v) is 16.5. The monoisotopic (exact) mass is 377 g/mol. The molecule has 27 heavy (non-hydrogen) atoms. The van der Waals surface area contributed by atoms with Gasteiger partial charge in [0.25, 0.3) is 0 Å². The van der Waals surface area contributed by atoms with Gasteiger partial charge in [-0.05, 0) is 68.6 Å². The zero-order chi connectivity index (χ0) is 19.1. The van der Waals surface area contributed by atoms with Crippen molar-refractivity contribution < 1.29 is 13.9 Å². The molecule has 6 heteroatoms. The summed E-state index contributed by atoms with van der Waals surface area (Å²) in [7, 11) is 1.74. The number of hydrogen-bond acceptors (Lipinski definition) is 3. The third-order valence-electron chi connectivity index (χ3n) is 5.01. The number of benzene rings is 1. The molecule has 0 heterocycles. The van der Waals surface area contributed by atoms with Crippen molar-refractivity contribution in [3.8, 4) is 5.75 Å². The molecule has 0 aliphatic heterocycles. The normalized spacial score (nSPS) is 18.3. The van der Waals surface area contributed by atoms with E-state index in [0.29, 0.717) is 24.2 Å². The molecule has 0 aromatic heterocycles. The van der Waals surface area contributed by atoms with E-state index in [4.69, 9.17) is 9.47 Å². The van der Waals surface area contributed by atoms with E-state index in [9.17, 15) is 4.39 Å². The highest BCUT2D eigenvalue weighted by Gasteiger charge is 2.23. The number of guanidine groups is 1. The van der Waals surface area contributed by atoms with Crippen LogP contribution < -0.4 is 15.4 Å². The van der Waals surface area contributed by atoms with Gasteiger partial charge in [0.1, 0.15) is 0 Å². The number of halogens is 1. The Hall–Kier alpha value is -1.82. The standard InChI is InChI=1S/C21H32FN3O2/c1-15(18-8-9-20(19(22)12-18)27-14-17-6-7-17)25-21(23-2)24-10-3-11-26-13-16-4-5-16/h8-9,12,15-17H,3-7,10-11,13-14H2,1-2H3,(H2,23,24,25). The van der Waals surface area contributed by atoms with Crippen LogP contribution in [0.3, 0.4) is 0 Å². The summed E-state index contributed by atoms with van der Waals surface area (Å²) >= 11 is 0. The Balaban J connectivity index is 1.38. The van der Waals surface area contributed by atoms with Crippen LogP contribution in [0.15, 0.2) is 23.2 Å². The van der Waals surface area contributed by atoms with Crippen LogP contribution in [0, 0.1) is 17.7 Å². The first kappa shape index (κ1) is 19.9. The zero-order valence-electron chi connectivity index (χ0n) is 16.5. The van der Waals surface area contributed by atoms with Crippen LogP contribution in [0.2, 0.25) is 0 Å². The average Bonchev–Trinajstić information content (AvgIpc) is 3.57. The van der Waals surface area contributed by atoms with Crippen LogP contribution in [-0.2, 0) is 4.74 Å². The summed E-state index contributed by atoms with van der Waals surface area (Å²) in [6.45, 7) is 5.06. The molecule has 2 saturated carbocycles. The van der Waals surface area contributed by atoms with E-state index in [1.165, 1.54) is 25.7 Å². The smallest absolute Gasteiger partial charge is 0.191 e. The van der Waals surface area contributed by atoms with Gasteiger partial charge >= 0.3 is 0 Å². The maximum Gasteiger partial charge on any atom is 0.191 e. The van der Waals surface area contributed by atoms with Gasteiger partial charge in [-0.1, -0.05) is 6.07 Å². The summed E-state index contributed by atoms with van der Waals surface area (Å²) in [4.78, 5) is 4.24. The second kappa shape index (κ2) is 9.93. The maximum atomic E-state index is 14.3. The largest absolute Gasteiger partial charge is 0.490 e. The first-order valence-corrected chi connectivity index (χ1v) is 10.1. The fourth-order valence-corrected chi connectivity index (χ4v) is 2.79. The minimum Gasteiger partial charge on any atom is -0.490 e. The molecule has 1 unspecified atom stereocenters. The van der Waals surface area contributed by atoms with Crippen molar-refractivity contribution >= 4 is 5.96 Å². The number of ether oxygens (including phenoxy) is 2. The van der Waals surface area contributed by atoms with E-state index in [0.717, 1.165) is 37.7 Å². The van der Waals surface area contributed by atoms with Crippen molar-refractivity contribution in [3.63, 3.8) is 0 Å². The van der Waals surface area contributed by atoms with Crippen LogP contribution in [0.4, 0.5) is 4.39 Å². The Bertz CT molecular complexity index is 630. The van der Waals surface area contributed by atoms with Crippen molar-refractivity contribution in [1.29, 1.82) is 0 Å². The molecule has 0 saturated heterocycles. The van der Waals surface area contributed by atoms with Gasteiger partial charge in [-0.25, -0.2) is 4.39 Å². The first-order chi connectivity index (χ1) is 13.2. The summed E-state index contributed by atoms with van der Waals surface area (Å²) in [5.41, 5.74) is 0.863. The lowest BCUT2D eigenvalue weighted by atomic mass is 10.1. The van der Waals surface area contributed by atoms with E-state index >= 15 is 0 Å². The summed E-state index contributed by atoms with van der Waals surface area (Å²) in [6, 6.07) is 5.11. The third-order valence-corrected chi connectivity index (χ3v) is 5.01. The number of nitrogens with zero attached hydrogens (tertiary/aromatic N) is 1. The molecule has 150 valence electrons. The molecule has 1 aromatic rings. The van der Waals surface area contributed by atoms with E-state index in [1.54, 1.807) is 19.2 Å². The van der Waals surface area contributed by atoms with Crippen LogP contribution in [-0.4, -0.2) is 39.4 Å². The molecule has 1 aromatic carbocycles. The predicted molar refractivity (Wildman–Crippen MR) is 106 cm³/mol. The van der Waals surface area contributed by atoms with E-state index in [2.05, 4.69) is 15.6 Å². The average molecular weight is 378 g/mol. The quantitative estimate of drug-likeness (QED) is 0.351. The van der Waals surface area contributed by atoms with Gasteiger partial charge < -0.3 is 20.1 Å². The minimum absolute atomic E-state index is 0.0608. The van der Waals surface area contributed by atoms with Crippen LogP contribution in [0.5, 0.6) is 5.75 Å². The Morgan fingerprint density at radius 3 is 2.63 bits per heavy atom. The second-order valence-corrected chi connectivity index (χ2v) is 7.68. The molecule has 2 N–H and O–H groups in total. The SMILES string of the molecule is CN=C(NCCCOCC1CC1)NC(C)c1ccc(OCC2CC2)c(F)c1. The first-order valence-electron chi connectivity index (χ1n) is 10.1. The van der Waals surface area contributed by atoms with Gasteiger partial charge in [0.2, 0.25) is 0 Å². The van der Waals surface area contributed by atoms with E-state index < -0.39 is 0 Å². The lowest BCUT2D eigenvalue weighted by molar-refractivity contribution is 0.123. The molecule has 2 aliphatic carbocycles. The topological polar surface area (TPSA) is 54.9 Å². The highest BCUT2D eigenvalue weighted by molar-refractivity contribution is 5.80. The summed E-state index contributed by atoms with van der Waals surface area (Å²) < 4.78 is 25.5. The fourth-order valence-electron chi connectivity index (χ4n) is 2.79. The maximum absolute atomic E-state index is 14.3. The molecule has 0 radical (unpaired) electrons. The van der Waals surface area contributed by atoms with E-state index in [1.807, 2.05) is 13.0 Å². The summed E-state index contributed by atoms with van der Waals surface area (Å²) in [6.07, 6.45) is 5.96. The molecule has 1 atom stereocenters. The van der Waals surface area contributed by atoms with Crippen molar-refractivity contribution in [3.05, 3.63) is 29.6 Å². The van der Waals surface area contributed by atoms with Crippen LogP contribution in [0.1, 0.15) is 50.6 Å².